The highest BCUT2D eigenvalue weighted by Crippen LogP contribution is 2.19. The summed E-state index contributed by atoms with van der Waals surface area (Å²) in [5, 5.41) is 20.5. The van der Waals surface area contributed by atoms with E-state index in [-0.39, 0.29) is 18.4 Å². The zero-order valence-corrected chi connectivity index (χ0v) is 18.7. The number of hydrogen-bond acceptors (Lipinski definition) is 6. The molecule has 0 aromatic heterocycles. The number of carboxylic acid groups (broad SMARTS) is 1. The SMILES string of the molecule is CNCCCC(NC(=O)C(C)NC(=O)C1CCCN1C(=O)C(C)NC(C)C)C(=O)O. The lowest BCUT2D eigenvalue weighted by Gasteiger charge is -2.29. The fourth-order valence-electron chi connectivity index (χ4n) is 3.54. The van der Waals surface area contributed by atoms with E-state index in [4.69, 9.17) is 0 Å². The second-order valence-electron chi connectivity index (χ2n) is 8.11. The van der Waals surface area contributed by atoms with Gasteiger partial charge in [0.05, 0.1) is 6.04 Å². The lowest BCUT2D eigenvalue weighted by Crippen LogP contribution is -2.56. The number of nitrogens with zero attached hydrogens (tertiary/aromatic N) is 1. The van der Waals surface area contributed by atoms with Crippen LogP contribution in [0.3, 0.4) is 0 Å². The summed E-state index contributed by atoms with van der Waals surface area (Å²) in [7, 11) is 1.77. The molecule has 0 aliphatic carbocycles. The molecule has 0 radical (unpaired) electrons. The Bertz CT molecular complexity index is 612. The molecular weight excluding hydrogens is 390 g/mol. The Kier molecular flexibility index (Phi) is 10.8. The maximum atomic E-state index is 12.7. The van der Waals surface area contributed by atoms with Gasteiger partial charge in [-0.1, -0.05) is 13.8 Å². The standard InChI is InChI=1S/C20H37N5O5/c1-12(2)22-14(4)19(28)25-11-7-9-16(25)18(27)23-13(3)17(26)24-15(20(29)30)8-6-10-21-5/h12-16,21-22H,6-11H2,1-5H3,(H,23,27)(H,24,26)(H,29,30). The summed E-state index contributed by atoms with van der Waals surface area (Å²) in [4.78, 5) is 50.7. The van der Waals surface area contributed by atoms with Crippen LogP contribution in [-0.2, 0) is 19.2 Å². The molecule has 172 valence electrons. The van der Waals surface area contributed by atoms with Gasteiger partial charge >= 0.3 is 5.97 Å². The Hall–Kier alpha value is -2.20. The molecule has 10 heteroatoms. The summed E-state index contributed by atoms with van der Waals surface area (Å²) >= 11 is 0. The third-order valence-electron chi connectivity index (χ3n) is 5.08. The number of likely N-dealkylation sites (tertiary alicyclic amines) is 1. The van der Waals surface area contributed by atoms with E-state index < -0.39 is 42.0 Å². The van der Waals surface area contributed by atoms with Gasteiger partial charge in [-0.3, -0.25) is 14.4 Å². The first kappa shape index (κ1) is 25.8. The van der Waals surface area contributed by atoms with Gasteiger partial charge in [-0.2, -0.15) is 0 Å². The molecule has 0 aromatic carbocycles. The molecule has 0 saturated carbocycles. The number of aliphatic carboxylic acids is 1. The van der Waals surface area contributed by atoms with E-state index in [0.29, 0.717) is 32.4 Å². The highest BCUT2D eigenvalue weighted by molar-refractivity contribution is 5.94. The zero-order valence-electron chi connectivity index (χ0n) is 18.7. The molecule has 1 aliphatic rings. The van der Waals surface area contributed by atoms with Crippen LogP contribution in [-0.4, -0.2) is 84.0 Å². The number of carbonyl (C=O) groups excluding carboxylic acids is 3. The fourth-order valence-corrected chi connectivity index (χ4v) is 3.54. The second-order valence-corrected chi connectivity index (χ2v) is 8.11. The smallest absolute Gasteiger partial charge is 0.326 e. The lowest BCUT2D eigenvalue weighted by molar-refractivity contribution is -0.143. The van der Waals surface area contributed by atoms with Crippen molar-refractivity contribution in [2.75, 3.05) is 20.1 Å². The summed E-state index contributed by atoms with van der Waals surface area (Å²) in [5.74, 6) is -2.22. The molecule has 1 rings (SSSR count). The van der Waals surface area contributed by atoms with Gasteiger partial charge in [0.15, 0.2) is 0 Å². The highest BCUT2D eigenvalue weighted by Gasteiger charge is 2.37. The zero-order chi connectivity index (χ0) is 22.8. The number of rotatable bonds is 12. The number of carboxylic acids is 1. The van der Waals surface area contributed by atoms with E-state index in [1.807, 2.05) is 13.8 Å². The summed E-state index contributed by atoms with van der Waals surface area (Å²) < 4.78 is 0. The quantitative estimate of drug-likeness (QED) is 0.263. The van der Waals surface area contributed by atoms with Gasteiger partial charge in [-0.25, -0.2) is 4.79 Å². The van der Waals surface area contributed by atoms with E-state index in [9.17, 15) is 24.3 Å². The van der Waals surface area contributed by atoms with Crippen LogP contribution in [0.1, 0.15) is 53.4 Å². The van der Waals surface area contributed by atoms with Crippen molar-refractivity contribution in [1.29, 1.82) is 0 Å². The molecule has 30 heavy (non-hydrogen) atoms. The maximum absolute atomic E-state index is 12.7. The third kappa shape index (κ3) is 7.91. The van der Waals surface area contributed by atoms with Gasteiger partial charge in [0.1, 0.15) is 18.1 Å². The summed E-state index contributed by atoms with van der Waals surface area (Å²) in [5.41, 5.74) is 0. The number of nitrogens with one attached hydrogen (secondary N) is 4. The molecule has 0 spiro atoms. The van der Waals surface area contributed by atoms with Crippen molar-refractivity contribution in [3.8, 4) is 0 Å². The van der Waals surface area contributed by atoms with Crippen LogP contribution in [0.5, 0.6) is 0 Å². The fraction of sp³-hybridized carbons (Fsp3) is 0.800. The molecule has 10 nitrogen and oxygen atoms in total. The van der Waals surface area contributed by atoms with Gasteiger partial charge in [0.2, 0.25) is 17.7 Å². The third-order valence-corrected chi connectivity index (χ3v) is 5.08. The summed E-state index contributed by atoms with van der Waals surface area (Å²) in [6.45, 7) is 8.30. The molecule has 4 unspecified atom stereocenters. The lowest BCUT2D eigenvalue weighted by atomic mass is 10.1. The van der Waals surface area contributed by atoms with Crippen LogP contribution in [0, 0.1) is 0 Å². The van der Waals surface area contributed by atoms with Gasteiger partial charge in [0.25, 0.3) is 0 Å². The summed E-state index contributed by atoms with van der Waals surface area (Å²) in [6, 6.07) is -2.83. The van der Waals surface area contributed by atoms with Crippen molar-refractivity contribution in [2.24, 2.45) is 0 Å². The Balaban J connectivity index is 2.65. The highest BCUT2D eigenvalue weighted by atomic mass is 16.4. The Morgan fingerprint density at radius 2 is 1.73 bits per heavy atom. The minimum Gasteiger partial charge on any atom is -0.480 e. The number of hydrogen-bond donors (Lipinski definition) is 5. The largest absolute Gasteiger partial charge is 0.480 e. The van der Waals surface area contributed by atoms with Crippen LogP contribution in [0.25, 0.3) is 0 Å². The minimum absolute atomic E-state index is 0.137. The molecule has 5 N–H and O–H groups in total. The van der Waals surface area contributed by atoms with Crippen LogP contribution in [0.4, 0.5) is 0 Å². The van der Waals surface area contributed by atoms with Crippen LogP contribution in [0.2, 0.25) is 0 Å². The second kappa shape index (κ2) is 12.5. The van der Waals surface area contributed by atoms with Crippen molar-refractivity contribution in [3.05, 3.63) is 0 Å². The molecule has 0 aromatic rings. The number of carbonyl (C=O) groups is 4. The minimum atomic E-state index is -1.11. The maximum Gasteiger partial charge on any atom is 0.326 e. The van der Waals surface area contributed by atoms with Crippen LogP contribution < -0.4 is 21.3 Å². The van der Waals surface area contributed by atoms with E-state index in [1.54, 1.807) is 18.9 Å². The van der Waals surface area contributed by atoms with Gasteiger partial charge in [-0.15, -0.1) is 0 Å². The molecule has 1 heterocycles. The van der Waals surface area contributed by atoms with Crippen molar-refractivity contribution >= 4 is 23.7 Å². The first-order valence-corrected chi connectivity index (χ1v) is 10.6. The average molecular weight is 428 g/mol. The van der Waals surface area contributed by atoms with Crippen molar-refractivity contribution in [2.45, 2.75) is 83.6 Å². The van der Waals surface area contributed by atoms with E-state index in [1.165, 1.54) is 6.92 Å². The Labute approximate surface area is 178 Å². The molecule has 1 saturated heterocycles. The first-order valence-electron chi connectivity index (χ1n) is 10.6. The van der Waals surface area contributed by atoms with Gasteiger partial charge in [-0.05, 0) is 53.1 Å². The van der Waals surface area contributed by atoms with Crippen LogP contribution >= 0.6 is 0 Å². The van der Waals surface area contributed by atoms with E-state index in [2.05, 4.69) is 21.3 Å². The van der Waals surface area contributed by atoms with E-state index in [0.717, 1.165) is 0 Å². The van der Waals surface area contributed by atoms with Crippen LogP contribution in [0.15, 0.2) is 0 Å². The van der Waals surface area contributed by atoms with Crippen molar-refractivity contribution < 1.29 is 24.3 Å². The molecular formula is C20H37N5O5. The molecule has 4 atom stereocenters. The number of amides is 3. The van der Waals surface area contributed by atoms with E-state index >= 15 is 0 Å². The predicted octanol–water partition coefficient (Wildman–Crippen LogP) is -0.562. The van der Waals surface area contributed by atoms with Gasteiger partial charge < -0.3 is 31.3 Å². The normalized spacial score (nSPS) is 19.3. The monoisotopic (exact) mass is 427 g/mol. The molecule has 1 aliphatic heterocycles. The molecule has 1 fully saturated rings. The Morgan fingerprint density at radius 3 is 2.30 bits per heavy atom. The summed E-state index contributed by atoms with van der Waals surface area (Å²) in [6.07, 6.45) is 2.12. The Morgan fingerprint density at radius 1 is 1.07 bits per heavy atom. The first-order chi connectivity index (χ1) is 14.1. The predicted molar refractivity (Wildman–Crippen MR) is 113 cm³/mol. The molecule has 0 bridgehead atoms. The van der Waals surface area contributed by atoms with Crippen molar-refractivity contribution in [3.63, 3.8) is 0 Å². The average Bonchev–Trinajstić information content (AvgIpc) is 3.15. The van der Waals surface area contributed by atoms with Gasteiger partial charge in [0, 0.05) is 12.6 Å². The van der Waals surface area contributed by atoms with Crippen molar-refractivity contribution in [1.82, 2.24) is 26.2 Å². The topological polar surface area (TPSA) is 140 Å². The molecule has 3 amide bonds.